The molecule has 1 unspecified atom stereocenters. The van der Waals surface area contributed by atoms with E-state index in [9.17, 15) is 9.50 Å². The van der Waals surface area contributed by atoms with Gasteiger partial charge in [-0.25, -0.2) is 4.39 Å². The van der Waals surface area contributed by atoms with Crippen LogP contribution in [0.1, 0.15) is 25.0 Å². The highest BCUT2D eigenvalue weighted by Crippen LogP contribution is 2.29. The van der Waals surface area contributed by atoms with Gasteiger partial charge in [0.25, 0.3) is 0 Å². The van der Waals surface area contributed by atoms with E-state index in [0.717, 1.165) is 11.1 Å². The van der Waals surface area contributed by atoms with E-state index in [1.807, 2.05) is 30.7 Å². The quantitative estimate of drug-likeness (QED) is 0.891. The normalized spacial score (nSPS) is 13.6. The van der Waals surface area contributed by atoms with E-state index in [4.69, 9.17) is 0 Å². The number of aliphatic hydroxyl groups excluding tert-OH is 1. The fraction of sp³-hybridized carbons (Fsp3) is 0.333. The number of rotatable bonds is 4. The largest absolute Gasteiger partial charge is 0.392 e. The molecule has 0 aliphatic rings. The van der Waals surface area contributed by atoms with Crippen LogP contribution in [0, 0.1) is 5.82 Å². The SMILES string of the molecule is CC(C)(c1ccc(F)cc1)C(O)Cc1ccsc1. The molecular formula is C15H17FOS. The summed E-state index contributed by atoms with van der Waals surface area (Å²) in [4.78, 5) is 0. The lowest BCUT2D eigenvalue weighted by Gasteiger charge is -2.31. The van der Waals surface area contributed by atoms with Gasteiger partial charge in [0.05, 0.1) is 6.10 Å². The molecule has 0 aliphatic carbocycles. The third kappa shape index (κ3) is 2.79. The van der Waals surface area contributed by atoms with E-state index in [2.05, 4.69) is 0 Å². The van der Waals surface area contributed by atoms with E-state index >= 15 is 0 Å². The third-order valence-corrected chi connectivity index (χ3v) is 4.16. The second-order valence-electron chi connectivity index (χ2n) is 5.08. The number of halogens is 1. The lowest BCUT2D eigenvalue weighted by Crippen LogP contribution is -2.35. The summed E-state index contributed by atoms with van der Waals surface area (Å²) in [6, 6.07) is 8.38. The van der Waals surface area contributed by atoms with Gasteiger partial charge in [-0.05, 0) is 40.1 Å². The van der Waals surface area contributed by atoms with E-state index in [1.165, 1.54) is 12.1 Å². The third-order valence-electron chi connectivity index (χ3n) is 3.43. The molecule has 1 aromatic carbocycles. The first-order chi connectivity index (χ1) is 8.50. The summed E-state index contributed by atoms with van der Waals surface area (Å²) in [7, 11) is 0. The van der Waals surface area contributed by atoms with E-state index in [1.54, 1.807) is 23.5 Å². The van der Waals surface area contributed by atoms with E-state index in [0.29, 0.717) is 6.42 Å². The van der Waals surface area contributed by atoms with Crippen molar-refractivity contribution in [1.82, 2.24) is 0 Å². The van der Waals surface area contributed by atoms with Crippen molar-refractivity contribution in [2.45, 2.75) is 31.8 Å². The Bertz CT molecular complexity index is 488. The van der Waals surface area contributed by atoms with Crippen molar-refractivity contribution in [3.63, 3.8) is 0 Å². The fourth-order valence-electron chi connectivity index (χ4n) is 1.96. The van der Waals surface area contributed by atoms with Gasteiger partial charge in [0, 0.05) is 11.8 Å². The van der Waals surface area contributed by atoms with Gasteiger partial charge in [-0.2, -0.15) is 11.3 Å². The lowest BCUT2D eigenvalue weighted by molar-refractivity contribution is 0.100. The molecule has 0 fully saturated rings. The number of aliphatic hydroxyl groups is 1. The summed E-state index contributed by atoms with van der Waals surface area (Å²) in [6.07, 6.45) is 0.131. The van der Waals surface area contributed by atoms with Crippen LogP contribution >= 0.6 is 11.3 Å². The van der Waals surface area contributed by atoms with Crippen LogP contribution in [-0.4, -0.2) is 11.2 Å². The van der Waals surface area contributed by atoms with Crippen molar-refractivity contribution in [3.8, 4) is 0 Å². The Balaban J connectivity index is 2.16. The first kappa shape index (κ1) is 13.2. The van der Waals surface area contributed by atoms with Crippen LogP contribution in [-0.2, 0) is 11.8 Å². The van der Waals surface area contributed by atoms with Crippen LogP contribution < -0.4 is 0 Å². The van der Waals surface area contributed by atoms with Gasteiger partial charge in [-0.15, -0.1) is 0 Å². The summed E-state index contributed by atoms with van der Waals surface area (Å²) in [6.45, 7) is 3.97. The standard InChI is InChI=1S/C15H17FOS/c1-15(2,12-3-5-13(16)6-4-12)14(17)9-11-7-8-18-10-11/h3-8,10,14,17H,9H2,1-2H3. The van der Waals surface area contributed by atoms with Crippen molar-refractivity contribution < 1.29 is 9.50 Å². The van der Waals surface area contributed by atoms with Crippen molar-refractivity contribution in [1.29, 1.82) is 0 Å². The monoisotopic (exact) mass is 264 g/mol. The summed E-state index contributed by atoms with van der Waals surface area (Å²) in [5, 5.41) is 14.4. The van der Waals surface area contributed by atoms with Crippen LogP contribution in [0.25, 0.3) is 0 Å². The molecular weight excluding hydrogens is 247 g/mol. The number of hydrogen-bond acceptors (Lipinski definition) is 2. The second kappa shape index (κ2) is 5.21. The maximum atomic E-state index is 12.9. The van der Waals surface area contributed by atoms with E-state index in [-0.39, 0.29) is 5.82 Å². The Morgan fingerprint density at radius 3 is 2.44 bits per heavy atom. The maximum Gasteiger partial charge on any atom is 0.123 e. The average molecular weight is 264 g/mol. The highest BCUT2D eigenvalue weighted by Gasteiger charge is 2.29. The van der Waals surface area contributed by atoms with Gasteiger partial charge in [0.2, 0.25) is 0 Å². The Labute approximate surface area is 111 Å². The first-order valence-corrected chi connectivity index (χ1v) is 6.89. The fourth-order valence-corrected chi connectivity index (χ4v) is 2.64. The predicted octanol–water partition coefficient (Wildman–Crippen LogP) is 3.77. The van der Waals surface area contributed by atoms with Crippen molar-refractivity contribution in [2.75, 3.05) is 0 Å². The van der Waals surface area contributed by atoms with Gasteiger partial charge in [0.1, 0.15) is 5.82 Å². The second-order valence-corrected chi connectivity index (χ2v) is 5.86. The molecule has 1 aromatic heterocycles. The molecule has 0 saturated heterocycles. The van der Waals surface area contributed by atoms with Crippen LogP contribution in [0.5, 0.6) is 0 Å². The molecule has 3 heteroatoms. The van der Waals surface area contributed by atoms with Crippen LogP contribution in [0.3, 0.4) is 0 Å². The Morgan fingerprint density at radius 1 is 1.22 bits per heavy atom. The molecule has 2 rings (SSSR count). The molecule has 18 heavy (non-hydrogen) atoms. The van der Waals surface area contributed by atoms with Crippen LogP contribution in [0.2, 0.25) is 0 Å². The topological polar surface area (TPSA) is 20.2 Å². The van der Waals surface area contributed by atoms with Crippen molar-refractivity contribution >= 4 is 11.3 Å². The van der Waals surface area contributed by atoms with Crippen LogP contribution in [0.15, 0.2) is 41.1 Å². The molecule has 0 radical (unpaired) electrons. The molecule has 0 amide bonds. The molecule has 2 aromatic rings. The molecule has 1 atom stereocenters. The zero-order valence-electron chi connectivity index (χ0n) is 10.6. The molecule has 96 valence electrons. The predicted molar refractivity (Wildman–Crippen MR) is 73.5 cm³/mol. The van der Waals surface area contributed by atoms with Gasteiger partial charge in [-0.3, -0.25) is 0 Å². The minimum atomic E-state index is -0.488. The number of benzene rings is 1. The number of hydrogen-bond donors (Lipinski definition) is 1. The van der Waals surface area contributed by atoms with Gasteiger partial charge < -0.3 is 5.11 Å². The minimum absolute atomic E-state index is 0.248. The number of thiophene rings is 1. The highest BCUT2D eigenvalue weighted by molar-refractivity contribution is 7.07. The zero-order valence-corrected chi connectivity index (χ0v) is 11.4. The maximum absolute atomic E-state index is 12.9. The van der Waals surface area contributed by atoms with Crippen molar-refractivity contribution in [3.05, 3.63) is 58.0 Å². The molecule has 1 heterocycles. The summed E-state index contributed by atoms with van der Waals surface area (Å²) >= 11 is 1.63. The molecule has 1 nitrogen and oxygen atoms in total. The summed E-state index contributed by atoms with van der Waals surface area (Å²) < 4.78 is 12.9. The van der Waals surface area contributed by atoms with Crippen molar-refractivity contribution in [2.24, 2.45) is 0 Å². The summed E-state index contributed by atoms with van der Waals surface area (Å²) in [5.41, 5.74) is 1.70. The molecule has 0 saturated carbocycles. The molecule has 0 aliphatic heterocycles. The lowest BCUT2D eigenvalue weighted by atomic mass is 9.77. The molecule has 0 bridgehead atoms. The molecule has 0 spiro atoms. The Hall–Kier alpha value is -1.19. The van der Waals surface area contributed by atoms with Crippen LogP contribution in [0.4, 0.5) is 4.39 Å². The zero-order chi connectivity index (χ0) is 13.2. The highest BCUT2D eigenvalue weighted by atomic mass is 32.1. The van der Waals surface area contributed by atoms with Gasteiger partial charge in [-0.1, -0.05) is 26.0 Å². The van der Waals surface area contributed by atoms with Gasteiger partial charge in [0.15, 0.2) is 0 Å². The first-order valence-electron chi connectivity index (χ1n) is 5.95. The summed E-state index contributed by atoms with van der Waals surface area (Å²) in [5.74, 6) is -0.248. The Kier molecular flexibility index (Phi) is 3.83. The van der Waals surface area contributed by atoms with Gasteiger partial charge >= 0.3 is 0 Å². The Morgan fingerprint density at radius 2 is 1.89 bits per heavy atom. The minimum Gasteiger partial charge on any atom is -0.392 e. The average Bonchev–Trinajstić information content (AvgIpc) is 2.82. The van der Waals surface area contributed by atoms with E-state index < -0.39 is 11.5 Å². The smallest absolute Gasteiger partial charge is 0.123 e. The molecule has 1 N–H and O–H groups in total.